The zero-order chi connectivity index (χ0) is 20.6. The highest BCUT2D eigenvalue weighted by molar-refractivity contribution is 5.89. The van der Waals surface area contributed by atoms with E-state index in [9.17, 15) is 19.6 Å². The number of likely N-dealkylation sites (N-methyl/N-ethyl adjacent to an activating group) is 1. The van der Waals surface area contributed by atoms with Crippen LogP contribution in [0.2, 0.25) is 0 Å². The standard InChI is InChI=1S/C19H36N4O4/c1-6-7-8-15(13-23(27)14-24)17(25)20-16(19(2,3)4)18(26)22-11-9-21(5)10-12-22/h14-16,27H,6-13H2,1-5H3,(H,20,25)/t15-,16-/m1/s1. The van der Waals surface area contributed by atoms with Crippen LogP contribution in [0, 0.1) is 11.3 Å². The summed E-state index contributed by atoms with van der Waals surface area (Å²) < 4.78 is 0. The molecule has 1 fully saturated rings. The van der Waals surface area contributed by atoms with Gasteiger partial charge in [-0.25, -0.2) is 5.06 Å². The zero-order valence-electron chi connectivity index (χ0n) is 17.4. The average molecular weight is 385 g/mol. The topological polar surface area (TPSA) is 93.2 Å². The monoisotopic (exact) mass is 384 g/mol. The Morgan fingerprint density at radius 2 is 1.81 bits per heavy atom. The molecule has 0 aromatic heterocycles. The third kappa shape index (κ3) is 7.46. The summed E-state index contributed by atoms with van der Waals surface area (Å²) in [7, 11) is 2.02. The minimum absolute atomic E-state index is 0.0745. The van der Waals surface area contributed by atoms with E-state index in [0.717, 1.165) is 25.9 Å². The second-order valence-electron chi connectivity index (χ2n) is 8.50. The van der Waals surface area contributed by atoms with Crippen molar-refractivity contribution in [1.82, 2.24) is 20.2 Å². The smallest absolute Gasteiger partial charge is 0.245 e. The van der Waals surface area contributed by atoms with Crippen molar-refractivity contribution >= 4 is 18.2 Å². The van der Waals surface area contributed by atoms with E-state index in [-0.39, 0.29) is 18.4 Å². The molecular formula is C19H36N4O4. The van der Waals surface area contributed by atoms with Crippen LogP contribution >= 0.6 is 0 Å². The van der Waals surface area contributed by atoms with Crippen molar-refractivity contribution in [2.24, 2.45) is 11.3 Å². The Kier molecular flexibility index (Phi) is 9.18. The van der Waals surface area contributed by atoms with Gasteiger partial charge in [-0.3, -0.25) is 19.6 Å². The Morgan fingerprint density at radius 3 is 2.30 bits per heavy atom. The van der Waals surface area contributed by atoms with E-state index in [0.29, 0.717) is 31.0 Å². The van der Waals surface area contributed by atoms with Crippen molar-refractivity contribution in [2.75, 3.05) is 39.8 Å². The predicted octanol–water partition coefficient (Wildman–Crippen LogP) is 0.945. The van der Waals surface area contributed by atoms with Gasteiger partial charge in [0.25, 0.3) is 0 Å². The molecule has 156 valence electrons. The van der Waals surface area contributed by atoms with Gasteiger partial charge in [0.2, 0.25) is 18.2 Å². The first-order valence-electron chi connectivity index (χ1n) is 9.78. The minimum atomic E-state index is -0.652. The van der Waals surface area contributed by atoms with Gasteiger partial charge >= 0.3 is 0 Å². The van der Waals surface area contributed by atoms with Gasteiger partial charge in [-0.2, -0.15) is 0 Å². The SMILES string of the molecule is CCCC[C@H](CN(O)C=O)C(=O)N[C@H](C(=O)N1CCN(C)CC1)C(C)(C)C. The number of nitrogens with one attached hydrogen (secondary N) is 1. The fourth-order valence-corrected chi connectivity index (χ4v) is 3.14. The largest absolute Gasteiger partial charge is 0.344 e. The molecule has 2 N–H and O–H groups in total. The number of carbonyl (C=O) groups is 3. The Hall–Kier alpha value is -1.67. The first kappa shape index (κ1) is 23.4. The molecule has 0 aromatic rings. The number of rotatable bonds is 9. The first-order valence-corrected chi connectivity index (χ1v) is 9.78. The minimum Gasteiger partial charge on any atom is -0.344 e. The van der Waals surface area contributed by atoms with Gasteiger partial charge in [0, 0.05) is 26.2 Å². The highest BCUT2D eigenvalue weighted by Crippen LogP contribution is 2.23. The number of hydrogen-bond donors (Lipinski definition) is 2. The molecule has 27 heavy (non-hydrogen) atoms. The van der Waals surface area contributed by atoms with Gasteiger partial charge < -0.3 is 15.1 Å². The Labute approximate surface area is 162 Å². The van der Waals surface area contributed by atoms with Crippen LogP contribution in [0.3, 0.4) is 0 Å². The summed E-state index contributed by atoms with van der Waals surface area (Å²) in [5.74, 6) is -0.925. The van der Waals surface area contributed by atoms with Crippen molar-refractivity contribution in [3.8, 4) is 0 Å². The van der Waals surface area contributed by atoms with Crippen LogP contribution in [-0.2, 0) is 14.4 Å². The summed E-state index contributed by atoms with van der Waals surface area (Å²) >= 11 is 0. The lowest BCUT2D eigenvalue weighted by molar-refractivity contribution is -0.155. The number of unbranched alkanes of at least 4 members (excludes halogenated alkanes) is 1. The molecule has 0 aliphatic carbocycles. The van der Waals surface area contributed by atoms with Gasteiger partial charge in [0.1, 0.15) is 6.04 Å². The molecular weight excluding hydrogens is 348 g/mol. The number of hydrogen-bond acceptors (Lipinski definition) is 5. The maximum absolute atomic E-state index is 13.1. The molecule has 1 aliphatic heterocycles. The fourth-order valence-electron chi connectivity index (χ4n) is 3.14. The van der Waals surface area contributed by atoms with Crippen LogP contribution in [-0.4, -0.2) is 84.1 Å². The van der Waals surface area contributed by atoms with Crippen LogP contribution in [0.4, 0.5) is 0 Å². The maximum Gasteiger partial charge on any atom is 0.245 e. The number of nitrogens with zero attached hydrogens (tertiary/aromatic N) is 3. The molecule has 0 aromatic carbocycles. The molecule has 8 nitrogen and oxygen atoms in total. The van der Waals surface area contributed by atoms with Crippen molar-refractivity contribution in [2.45, 2.75) is 53.0 Å². The Balaban J connectivity index is 2.87. The molecule has 0 saturated carbocycles. The van der Waals surface area contributed by atoms with E-state index in [4.69, 9.17) is 0 Å². The van der Waals surface area contributed by atoms with Crippen LogP contribution in [0.25, 0.3) is 0 Å². The van der Waals surface area contributed by atoms with Crippen LogP contribution in [0.1, 0.15) is 47.0 Å². The molecule has 0 bridgehead atoms. The predicted molar refractivity (Wildman–Crippen MR) is 103 cm³/mol. The summed E-state index contributed by atoms with van der Waals surface area (Å²) in [5.41, 5.74) is -0.449. The molecule has 1 heterocycles. The third-order valence-corrected chi connectivity index (χ3v) is 5.02. The van der Waals surface area contributed by atoms with Crippen molar-refractivity contribution in [1.29, 1.82) is 0 Å². The lowest BCUT2D eigenvalue weighted by Gasteiger charge is -2.39. The lowest BCUT2D eigenvalue weighted by atomic mass is 9.85. The average Bonchev–Trinajstić information content (AvgIpc) is 2.61. The third-order valence-electron chi connectivity index (χ3n) is 5.02. The van der Waals surface area contributed by atoms with Gasteiger partial charge in [-0.05, 0) is 18.9 Å². The van der Waals surface area contributed by atoms with E-state index in [2.05, 4.69) is 10.2 Å². The quantitative estimate of drug-likeness (QED) is 0.351. The van der Waals surface area contributed by atoms with Crippen molar-refractivity contribution in [3.63, 3.8) is 0 Å². The Morgan fingerprint density at radius 1 is 1.22 bits per heavy atom. The molecule has 0 unspecified atom stereocenters. The molecule has 8 heteroatoms. The van der Waals surface area contributed by atoms with E-state index in [1.807, 2.05) is 34.7 Å². The summed E-state index contributed by atoms with van der Waals surface area (Å²) in [4.78, 5) is 40.6. The van der Waals surface area contributed by atoms with Crippen molar-refractivity contribution < 1.29 is 19.6 Å². The normalized spacial score (nSPS) is 17.9. The molecule has 0 radical (unpaired) electrons. The van der Waals surface area contributed by atoms with Crippen LogP contribution < -0.4 is 5.32 Å². The molecule has 2 atom stereocenters. The highest BCUT2D eigenvalue weighted by atomic mass is 16.5. The van der Waals surface area contributed by atoms with Crippen LogP contribution in [0.15, 0.2) is 0 Å². The molecule has 1 rings (SSSR count). The number of amides is 3. The maximum atomic E-state index is 13.1. The van der Waals surface area contributed by atoms with E-state index in [1.165, 1.54) is 0 Å². The van der Waals surface area contributed by atoms with Crippen LogP contribution in [0.5, 0.6) is 0 Å². The Bertz CT molecular complexity index is 498. The van der Waals surface area contributed by atoms with E-state index >= 15 is 0 Å². The molecule has 3 amide bonds. The van der Waals surface area contributed by atoms with Crippen molar-refractivity contribution in [3.05, 3.63) is 0 Å². The van der Waals surface area contributed by atoms with E-state index < -0.39 is 17.4 Å². The molecule has 1 saturated heterocycles. The molecule has 0 spiro atoms. The van der Waals surface area contributed by atoms with E-state index in [1.54, 1.807) is 4.90 Å². The fraction of sp³-hybridized carbons (Fsp3) is 0.842. The summed E-state index contributed by atoms with van der Waals surface area (Å²) in [6.45, 7) is 10.6. The van der Waals surface area contributed by atoms with Gasteiger partial charge in [-0.15, -0.1) is 0 Å². The second-order valence-corrected chi connectivity index (χ2v) is 8.50. The number of piperazine rings is 1. The summed E-state index contributed by atoms with van der Waals surface area (Å²) in [6.07, 6.45) is 2.55. The highest BCUT2D eigenvalue weighted by Gasteiger charge is 2.37. The van der Waals surface area contributed by atoms with Gasteiger partial charge in [0.15, 0.2) is 0 Å². The second kappa shape index (κ2) is 10.6. The van der Waals surface area contributed by atoms with Gasteiger partial charge in [0.05, 0.1) is 12.5 Å². The lowest BCUT2D eigenvalue weighted by Crippen LogP contribution is -2.59. The summed E-state index contributed by atoms with van der Waals surface area (Å²) in [5, 5.41) is 12.9. The number of carbonyl (C=O) groups excluding carboxylic acids is 3. The molecule has 1 aliphatic rings. The first-order chi connectivity index (χ1) is 12.6. The number of hydroxylamine groups is 2. The van der Waals surface area contributed by atoms with Gasteiger partial charge in [-0.1, -0.05) is 40.5 Å². The zero-order valence-corrected chi connectivity index (χ0v) is 17.4. The summed E-state index contributed by atoms with van der Waals surface area (Å²) in [6, 6.07) is -0.652.